The minimum Gasteiger partial charge on any atom is -0.507 e. The van der Waals surface area contributed by atoms with Gasteiger partial charge in [-0.15, -0.1) is 0 Å². The Morgan fingerprint density at radius 1 is 1.08 bits per heavy atom. The summed E-state index contributed by atoms with van der Waals surface area (Å²) < 4.78 is 34.7. The van der Waals surface area contributed by atoms with E-state index >= 15 is 0 Å². The van der Waals surface area contributed by atoms with Gasteiger partial charge in [-0.2, -0.15) is 8.42 Å². The van der Waals surface area contributed by atoms with E-state index in [0.29, 0.717) is 5.56 Å². The maximum Gasteiger partial charge on any atom is 0.339 e. The quantitative estimate of drug-likeness (QED) is 0.0553. The maximum absolute atomic E-state index is 12.1. The van der Waals surface area contributed by atoms with Gasteiger partial charge in [0.25, 0.3) is 15.8 Å². The van der Waals surface area contributed by atoms with E-state index in [-0.39, 0.29) is 39.1 Å². The van der Waals surface area contributed by atoms with Gasteiger partial charge in [-0.05, 0) is 62.4 Å². The maximum atomic E-state index is 12.1. The number of non-ortho nitro benzene ring substituents is 1. The zero-order valence-corrected chi connectivity index (χ0v) is 20.0. The molecule has 5 N–H and O–H groups in total. The van der Waals surface area contributed by atoms with Gasteiger partial charge in [0.2, 0.25) is 0 Å². The van der Waals surface area contributed by atoms with E-state index in [1.165, 1.54) is 55.5 Å². The van der Waals surface area contributed by atoms with Crippen molar-refractivity contribution in [1.82, 2.24) is 0 Å². The van der Waals surface area contributed by atoms with E-state index in [2.05, 4.69) is 0 Å². The molecule has 0 unspecified atom stereocenters. The molecule has 0 aromatic heterocycles. The first-order valence-corrected chi connectivity index (χ1v) is 11.6. The highest BCUT2D eigenvalue weighted by atomic mass is 32.2. The number of nitrogens with two attached hydrogens (primary N) is 1. The Labute approximate surface area is 206 Å². The molecule has 12 heteroatoms. The zero-order chi connectivity index (χ0) is 27.0. The average Bonchev–Trinajstić information content (AvgIpc) is 2.80. The fourth-order valence-corrected chi connectivity index (χ4v) is 3.14. The number of aryl methyl sites for hydroxylation is 1. The number of nitrogens with zero attached hydrogens (tertiary/aromatic N) is 1. The monoisotopic (exact) mass is 513 g/mol. The van der Waals surface area contributed by atoms with Gasteiger partial charge in [0.15, 0.2) is 0 Å². The summed E-state index contributed by atoms with van der Waals surface area (Å²) in [4.78, 5) is 22.2. The molecule has 0 spiro atoms. The molecule has 0 fully saturated rings. The molecule has 0 atom stereocenters. The summed E-state index contributed by atoms with van der Waals surface area (Å²) in [6.07, 6.45) is 1.30. The number of nitrogen functional groups attached to an aromatic ring is 1. The first-order chi connectivity index (χ1) is 16.8. The molecule has 0 aliphatic carbocycles. The number of benzene rings is 3. The van der Waals surface area contributed by atoms with E-state index in [1.54, 1.807) is 12.1 Å². The number of phenolic OH excluding ortho intramolecular Hbond substituents is 1. The summed E-state index contributed by atoms with van der Waals surface area (Å²) in [7, 11) is -4.02. The van der Waals surface area contributed by atoms with Gasteiger partial charge in [0.1, 0.15) is 17.3 Å². The minimum absolute atomic E-state index is 0.0666. The topological polar surface area (TPSA) is 194 Å². The molecule has 0 amide bonds. The van der Waals surface area contributed by atoms with Crippen LogP contribution in [0.1, 0.15) is 23.6 Å². The number of hydrogen-bond acceptors (Lipinski definition) is 8. The number of ether oxygens (including phenoxy) is 1. The molecule has 188 valence electrons. The predicted molar refractivity (Wildman–Crippen MR) is 132 cm³/mol. The highest BCUT2D eigenvalue weighted by molar-refractivity contribution is 7.85. The second-order valence-corrected chi connectivity index (χ2v) is 8.86. The SMILES string of the molecule is C/C(=C\c1cc([N+](=O)[O-])ccc1O)C(=O)Oc1ccc(C(=N)N)cc1.Cc1ccc(S(=O)(=O)O)cc1. The fraction of sp³-hybridized carbons (Fsp3) is 0.0833. The predicted octanol–water partition coefficient (Wildman–Crippen LogP) is 3.84. The summed E-state index contributed by atoms with van der Waals surface area (Å²) in [5.41, 5.74) is 6.87. The van der Waals surface area contributed by atoms with Crippen molar-refractivity contribution >= 4 is 33.7 Å². The van der Waals surface area contributed by atoms with Crippen LogP contribution in [0.25, 0.3) is 6.08 Å². The third kappa shape index (κ3) is 8.04. The fourth-order valence-electron chi connectivity index (χ4n) is 2.66. The summed E-state index contributed by atoms with van der Waals surface area (Å²) in [6.45, 7) is 3.30. The number of amidine groups is 1. The molecule has 0 bridgehead atoms. The van der Waals surface area contributed by atoms with Crippen LogP contribution in [0.5, 0.6) is 11.5 Å². The Hall–Kier alpha value is -4.55. The lowest BCUT2D eigenvalue weighted by molar-refractivity contribution is -0.384. The lowest BCUT2D eigenvalue weighted by atomic mass is 10.1. The Morgan fingerprint density at radius 2 is 1.67 bits per heavy atom. The lowest BCUT2D eigenvalue weighted by Crippen LogP contribution is -2.12. The summed E-state index contributed by atoms with van der Waals surface area (Å²) >= 11 is 0. The number of carbonyl (C=O) groups is 1. The molecular weight excluding hydrogens is 490 g/mol. The number of aromatic hydroxyl groups is 1. The van der Waals surface area contributed by atoms with E-state index in [0.717, 1.165) is 17.7 Å². The number of esters is 1. The standard InChI is InChI=1S/C17H15N3O5.C7H8O3S/c1-10(8-12-9-13(20(23)24)4-7-15(12)21)17(22)25-14-5-2-11(3-6-14)16(18)19;1-6-2-4-7(5-3-6)11(8,9)10/h2-9,21H,1H3,(H3,18,19);2-5H,1H3,(H,8,9,10)/b10-8+;. The molecule has 0 heterocycles. The first kappa shape index (κ1) is 27.7. The van der Waals surface area contributed by atoms with Crippen LogP contribution in [0.3, 0.4) is 0 Å². The third-order valence-electron chi connectivity index (χ3n) is 4.61. The largest absolute Gasteiger partial charge is 0.507 e. The molecule has 0 saturated carbocycles. The molecular formula is C24H23N3O8S. The molecule has 0 saturated heterocycles. The highest BCUT2D eigenvalue weighted by Gasteiger charge is 2.13. The van der Waals surface area contributed by atoms with Crippen molar-refractivity contribution in [2.45, 2.75) is 18.7 Å². The second kappa shape index (κ2) is 11.7. The number of hydrogen-bond donors (Lipinski definition) is 4. The Balaban J connectivity index is 0.000000346. The van der Waals surface area contributed by atoms with Crippen molar-refractivity contribution < 1.29 is 32.5 Å². The van der Waals surface area contributed by atoms with Gasteiger partial charge >= 0.3 is 5.97 Å². The Morgan fingerprint density at radius 3 is 2.17 bits per heavy atom. The summed E-state index contributed by atoms with van der Waals surface area (Å²) in [5.74, 6) is -0.717. The molecule has 0 radical (unpaired) electrons. The summed E-state index contributed by atoms with van der Waals surface area (Å²) in [5, 5.41) is 27.9. The Kier molecular flexibility index (Phi) is 9.02. The number of nitro groups is 1. The van der Waals surface area contributed by atoms with Gasteiger partial charge in [-0.3, -0.25) is 20.1 Å². The van der Waals surface area contributed by atoms with Crippen LogP contribution in [-0.2, 0) is 14.9 Å². The molecule has 3 aromatic rings. The first-order valence-electron chi connectivity index (χ1n) is 10.1. The van der Waals surface area contributed by atoms with Crippen molar-refractivity contribution in [1.29, 1.82) is 5.41 Å². The van der Waals surface area contributed by atoms with Crippen molar-refractivity contribution in [3.8, 4) is 11.5 Å². The third-order valence-corrected chi connectivity index (χ3v) is 5.48. The molecule has 0 aliphatic heterocycles. The molecule has 0 aliphatic rings. The normalized spacial score (nSPS) is 11.1. The van der Waals surface area contributed by atoms with Crippen molar-refractivity contribution in [3.05, 3.63) is 99.1 Å². The van der Waals surface area contributed by atoms with Crippen LogP contribution in [0, 0.1) is 22.4 Å². The van der Waals surface area contributed by atoms with E-state index in [1.807, 2.05) is 6.92 Å². The van der Waals surface area contributed by atoms with Crippen LogP contribution in [0.15, 0.2) is 77.2 Å². The van der Waals surface area contributed by atoms with Crippen LogP contribution in [0.4, 0.5) is 5.69 Å². The number of carbonyl (C=O) groups excluding carboxylic acids is 1. The number of phenols is 1. The van der Waals surface area contributed by atoms with Crippen molar-refractivity contribution in [3.63, 3.8) is 0 Å². The summed E-state index contributed by atoms with van der Waals surface area (Å²) in [6, 6.07) is 15.6. The number of nitrogens with one attached hydrogen (secondary N) is 1. The Bertz CT molecular complexity index is 1410. The van der Waals surface area contributed by atoms with Gasteiger partial charge in [-0.25, -0.2) is 4.79 Å². The van der Waals surface area contributed by atoms with E-state index in [4.69, 9.17) is 20.4 Å². The van der Waals surface area contributed by atoms with Crippen molar-refractivity contribution in [2.75, 3.05) is 0 Å². The van der Waals surface area contributed by atoms with Crippen LogP contribution in [0.2, 0.25) is 0 Å². The highest BCUT2D eigenvalue weighted by Crippen LogP contribution is 2.25. The van der Waals surface area contributed by atoms with Gasteiger partial charge in [0.05, 0.1) is 9.82 Å². The van der Waals surface area contributed by atoms with Crippen LogP contribution < -0.4 is 10.5 Å². The number of rotatable bonds is 6. The lowest BCUT2D eigenvalue weighted by Gasteiger charge is -2.06. The second-order valence-electron chi connectivity index (χ2n) is 7.44. The van der Waals surface area contributed by atoms with E-state index in [9.17, 15) is 28.4 Å². The smallest absolute Gasteiger partial charge is 0.339 e. The van der Waals surface area contributed by atoms with Gasteiger partial charge < -0.3 is 15.6 Å². The zero-order valence-electron chi connectivity index (χ0n) is 19.2. The van der Waals surface area contributed by atoms with Crippen LogP contribution in [-0.4, -0.2) is 34.8 Å². The average molecular weight is 514 g/mol. The van der Waals surface area contributed by atoms with Gasteiger partial charge in [-0.1, -0.05) is 17.7 Å². The van der Waals surface area contributed by atoms with Crippen LogP contribution >= 0.6 is 0 Å². The molecule has 3 aromatic carbocycles. The van der Waals surface area contributed by atoms with Crippen molar-refractivity contribution in [2.24, 2.45) is 5.73 Å². The van der Waals surface area contributed by atoms with Gasteiger partial charge in [0, 0.05) is 28.8 Å². The molecule has 11 nitrogen and oxygen atoms in total. The molecule has 36 heavy (non-hydrogen) atoms. The minimum atomic E-state index is -4.02. The van der Waals surface area contributed by atoms with E-state index < -0.39 is 21.0 Å². The molecule has 3 rings (SSSR count). The number of nitro benzene ring substituents is 1.